The minimum Gasteiger partial charge on any atom is -0.325 e. The number of hydrogen-bond acceptors (Lipinski definition) is 1. The van der Waals surface area contributed by atoms with E-state index < -0.39 is 5.82 Å². The molecule has 1 aliphatic heterocycles. The first-order chi connectivity index (χ1) is 11.0. The second kappa shape index (κ2) is 7.18. The van der Waals surface area contributed by atoms with Gasteiger partial charge in [-0.15, -0.1) is 0 Å². The molecule has 0 bridgehead atoms. The predicted molar refractivity (Wildman–Crippen MR) is 90.3 cm³/mol. The van der Waals surface area contributed by atoms with Crippen LogP contribution in [0, 0.1) is 17.7 Å². The number of hydrogen-bond donors (Lipinski definition) is 2. The Balaban J connectivity index is 1.61. The Morgan fingerprint density at radius 2 is 2.04 bits per heavy atom. The molecule has 3 nitrogen and oxygen atoms in total. The summed E-state index contributed by atoms with van der Waals surface area (Å²) in [5.41, 5.74) is 0.483. The van der Waals surface area contributed by atoms with E-state index in [1.54, 1.807) is 0 Å². The summed E-state index contributed by atoms with van der Waals surface area (Å²) in [5, 5.41) is 3.09. The van der Waals surface area contributed by atoms with Crippen molar-refractivity contribution in [1.82, 2.24) is 0 Å². The number of piperidine rings is 1. The lowest BCUT2D eigenvalue weighted by Crippen LogP contribution is -3.18. The van der Waals surface area contributed by atoms with E-state index in [0.717, 1.165) is 24.9 Å². The molecule has 2 N–H and O–H groups in total. The molecule has 1 saturated heterocycles. The second-order valence-corrected chi connectivity index (χ2v) is 7.45. The minimum atomic E-state index is -0.397. The molecule has 4 atom stereocenters. The molecule has 1 amide bonds. The van der Waals surface area contributed by atoms with Crippen LogP contribution in [-0.2, 0) is 4.79 Å². The van der Waals surface area contributed by atoms with Gasteiger partial charge in [-0.25, -0.2) is 4.39 Å². The molecule has 2 fully saturated rings. The Labute approximate surface area is 142 Å². The van der Waals surface area contributed by atoms with E-state index in [1.165, 1.54) is 55.2 Å². The highest BCUT2D eigenvalue weighted by Gasteiger charge is 2.37. The topological polar surface area (TPSA) is 33.5 Å². The van der Waals surface area contributed by atoms with Crippen LogP contribution in [0.15, 0.2) is 18.2 Å². The van der Waals surface area contributed by atoms with Crippen LogP contribution in [0.1, 0.15) is 39.0 Å². The van der Waals surface area contributed by atoms with Gasteiger partial charge >= 0.3 is 0 Å². The van der Waals surface area contributed by atoms with Crippen molar-refractivity contribution in [2.75, 3.05) is 18.4 Å². The average molecular weight is 340 g/mol. The first-order valence-electron chi connectivity index (χ1n) is 8.65. The molecule has 1 unspecified atom stereocenters. The van der Waals surface area contributed by atoms with E-state index in [-0.39, 0.29) is 17.0 Å². The highest BCUT2D eigenvalue weighted by atomic mass is 35.5. The molecular weight excluding hydrogens is 315 g/mol. The van der Waals surface area contributed by atoms with Crippen molar-refractivity contribution in [3.05, 3.63) is 29.0 Å². The number of carbonyl (C=O) groups excluding carboxylic acids is 1. The van der Waals surface area contributed by atoms with Crippen molar-refractivity contribution in [2.45, 2.75) is 45.1 Å². The maximum absolute atomic E-state index is 13.1. The maximum Gasteiger partial charge on any atom is 0.282 e. The quantitative estimate of drug-likeness (QED) is 0.872. The van der Waals surface area contributed by atoms with E-state index in [1.807, 2.05) is 6.92 Å². The summed E-state index contributed by atoms with van der Waals surface area (Å²) in [6.07, 6.45) is 6.61. The fourth-order valence-electron chi connectivity index (χ4n) is 4.15. The van der Waals surface area contributed by atoms with Crippen molar-refractivity contribution in [2.24, 2.45) is 11.8 Å². The van der Waals surface area contributed by atoms with Gasteiger partial charge in [0.15, 0.2) is 6.04 Å². The zero-order valence-corrected chi connectivity index (χ0v) is 14.3. The van der Waals surface area contributed by atoms with Gasteiger partial charge in [0.2, 0.25) is 0 Å². The largest absolute Gasteiger partial charge is 0.325 e. The van der Waals surface area contributed by atoms with Gasteiger partial charge in [0.1, 0.15) is 5.82 Å². The van der Waals surface area contributed by atoms with Crippen LogP contribution in [0.25, 0.3) is 0 Å². The lowest BCUT2D eigenvalue weighted by molar-refractivity contribution is -0.924. The summed E-state index contributed by atoms with van der Waals surface area (Å²) in [5.74, 6) is 1.21. The number of carbonyl (C=O) groups is 1. The Morgan fingerprint density at radius 3 is 2.78 bits per heavy atom. The van der Waals surface area contributed by atoms with E-state index in [4.69, 9.17) is 11.6 Å². The molecule has 3 rings (SSSR count). The third kappa shape index (κ3) is 3.86. The molecule has 0 spiro atoms. The standard InChI is InChI=1S/C18H24ClFN2O/c1-12(18(23)21-17-7-6-15(20)10-16(17)19)22-9-8-13-4-2-3-5-14(13)11-22/h6-7,10,12-14H,2-5,8-9,11H2,1H3,(H,21,23)/p+1/t12-,13+,14-/m1/s1. The number of quaternary nitrogens is 1. The van der Waals surface area contributed by atoms with Crippen LogP contribution in [-0.4, -0.2) is 25.0 Å². The first kappa shape index (κ1) is 16.7. The monoisotopic (exact) mass is 339 g/mol. The van der Waals surface area contributed by atoms with Gasteiger partial charge in [0, 0.05) is 5.92 Å². The number of fused-ring (bicyclic) bond motifs is 1. The minimum absolute atomic E-state index is 0.0391. The normalized spacial score (nSPS) is 28.7. The Hall–Kier alpha value is -1.13. The van der Waals surface area contributed by atoms with Gasteiger partial charge in [-0.3, -0.25) is 4.79 Å². The average Bonchev–Trinajstić information content (AvgIpc) is 2.56. The van der Waals surface area contributed by atoms with Crippen molar-refractivity contribution in [1.29, 1.82) is 0 Å². The molecule has 0 aromatic heterocycles. The molecule has 5 heteroatoms. The summed E-state index contributed by atoms with van der Waals surface area (Å²) >= 11 is 5.99. The van der Waals surface area contributed by atoms with E-state index in [9.17, 15) is 9.18 Å². The van der Waals surface area contributed by atoms with Gasteiger partial charge in [0.05, 0.1) is 23.8 Å². The zero-order chi connectivity index (χ0) is 16.4. The molecule has 1 aromatic carbocycles. The Morgan fingerprint density at radius 1 is 1.30 bits per heavy atom. The molecule has 126 valence electrons. The maximum atomic E-state index is 13.1. The summed E-state index contributed by atoms with van der Waals surface area (Å²) in [6.45, 7) is 4.13. The highest BCUT2D eigenvalue weighted by molar-refractivity contribution is 6.33. The lowest BCUT2D eigenvalue weighted by atomic mass is 9.75. The van der Waals surface area contributed by atoms with Gasteiger partial charge in [-0.05, 0) is 50.3 Å². The van der Waals surface area contributed by atoms with Crippen LogP contribution in [0.3, 0.4) is 0 Å². The summed E-state index contributed by atoms with van der Waals surface area (Å²) in [4.78, 5) is 13.9. The fourth-order valence-corrected chi connectivity index (χ4v) is 4.37. The van der Waals surface area contributed by atoms with E-state index in [0.29, 0.717) is 5.69 Å². The van der Waals surface area contributed by atoms with Crippen molar-refractivity contribution in [3.8, 4) is 0 Å². The molecule has 1 aromatic rings. The zero-order valence-electron chi connectivity index (χ0n) is 13.6. The number of amides is 1. The molecule has 1 saturated carbocycles. The number of benzene rings is 1. The molecule has 23 heavy (non-hydrogen) atoms. The predicted octanol–water partition coefficient (Wildman–Crippen LogP) is 2.90. The molecule has 2 aliphatic rings. The molecule has 0 radical (unpaired) electrons. The van der Waals surface area contributed by atoms with Crippen molar-refractivity contribution < 1.29 is 14.1 Å². The smallest absolute Gasteiger partial charge is 0.282 e. The third-order valence-corrected chi connectivity index (χ3v) is 5.93. The third-order valence-electron chi connectivity index (χ3n) is 5.62. The van der Waals surface area contributed by atoms with Crippen LogP contribution in [0.5, 0.6) is 0 Å². The molecule has 1 heterocycles. The highest BCUT2D eigenvalue weighted by Crippen LogP contribution is 2.32. The van der Waals surface area contributed by atoms with E-state index >= 15 is 0 Å². The number of halogens is 2. The van der Waals surface area contributed by atoms with E-state index in [2.05, 4.69) is 5.32 Å². The van der Waals surface area contributed by atoms with Gasteiger partial charge in [-0.2, -0.15) is 0 Å². The van der Waals surface area contributed by atoms with Gasteiger partial charge in [-0.1, -0.05) is 24.4 Å². The van der Waals surface area contributed by atoms with Crippen LogP contribution >= 0.6 is 11.6 Å². The van der Waals surface area contributed by atoms with Crippen LogP contribution < -0.4 is 10.2 Å². The Kier molecular flexibility index (Phi) is 5.22. The Bertz CT molecular complexity index is 580. The number of likely N-dealkylation sites (tertiary alicyclic amines) is 1. The van der Waals surface area contributed by atoms with Crippen LogP contribution in [0.2, 0.25) is 5.02 Å². The number of rotatable bonds is 3. The second-order valence-electron chi connectivity index (χ2n) is 7.04. The summed E-state index contributed by atoms with van der Waals surface area (Å²) < 4.78 is 13.1. The number of nitrogens with one attached hydrogen (secondary N) is 2. The first-order valence-corrected chi connectivity index (χ1v) is 9.03. The SMILES string of the molecule is C[C@H](C(=O)Nc1ccc(F)cc1Cl)[NH+]1CC[C@@H]2CCCC[C@@H]2C1. The van der Waals surface area contributed by atoms with Gasteiger partial charge < -0.3 is 10.2 Å². The fraction of sp³-hybridized carbons (Fsp3) is 0.611. The molecule has 1 aliphatic carbocycles. The lowest BCUT2D eigenvalue weighted by Gasteiger charge is -2.40. The summed E-state index contributed by atoms with van der Waals surface area (Å²) in [6, 6.07) is 3.94. The summed E-state index contributed by atoms with van der Waals surface area (Å²) in [7, 11) is 0. The van der Waals surface area contributed by atoms with Gasteiger partial charge in [0.25, 0.3) is 5.91 Å². The van der Waals surface area contributed by atoms with Crippen molar-refractivity contribution in [3.63, 3.8) is 0 Å². The molecular formula is C18H25ClFN2O+. The van der Waals surface area contributed by atoms with Crippen molar-refractivity contribution >= 4 is 23.2 Å². The number of anilines is 1. The van der Waals surface area contributed by atoms with Crippen LogP contribution in [0.4, 0.5) is 10.1 Å².